The fourth-order valence-electron chi connectivity index (χ4n) is 4.08. The van der Waals surface area contributed by atoms with E-state index >= 15 is 0 Å². The lowest BCUT2D eigenvalue weighted by Crippen LogP contribution is -2.95. The molecule has 4 heteroatoms. The molecule has 3 aromatic carbocycles. The van der Waals surface area contributed by atoms with E-state index in [2.05, 4.69) is 89.1 Å². The minimum atomic E-state index is 0.553. The van der Waals surface area contributed by atoms with Crippen molar-refractivity contribution in [3.05, 3.63) is 90.0 Å². The number of rotatable bonds is 2. The Bertz CT molecular complexity index is 999. The van der Waals surface area contributed by atoms with Gasteiger partial charge < -0.3 is 10.2 Å². The quantitative estimate of drug-likeness (QED) is 0.728. The van der Waals surface area contributed by atoms with Crippen molar-refractivity contribution in [2.75, 3.05) is 19.6 Å². The number of hydrogen-bond donors (Lipinski definition) is 1. The van der Waals surface area contributed by atoms with E-state index in [4.69, 9.17) is 4.99 Å². The minimum Gasteiger partial charge on any atom is -0.344 e. The zero-order chi connectivity index (χ0) is 18.8. The maximum atomic E-state index is 5.15. The van der Waals surface area contributed by atoms with Crippen molar-refractivity contribution in [3.63, 3.8) is 0 Å². The third-order valence-electron chi connectivity index (χ3n) is 5.43. The van der Waals surface area contributed by atoms with E-state index in [0.29, 0.717) is 6.04 Å². The van der Waals surface area contributed by atoms with Gasteiger partial charge in [-0.25, -0.2) is 4.99 Å². The summed E-state index contributed by atoms with van der Waals surface area (Å²) in [6, 6.07) is 28.6. The van der Waals surface area contributed by atoms with Crippen molar-refractivity contribution in [1.29, 1.82) is 0 Å². The number of hydrogen-bond acceptors (Lipinski definition) is 3. The van der Waals surface area contributed by atoms with Crippen LogP contribution in [-0.4, -0.2) is 36.4 Å². The number of fused-ring (bicyclic) bond motifs is 2. The molecule has 0 bridgehead atoms. The number of amidine groups is 1. The number of aliphatic imine (C=N–C) groups is 1. The summed E-state index contributed by atoms with van der Waals surface area (Å²) in [5, 5.41) is 2.50. The second kappa shape index (κ2) is 7.82. The van der Waals surface area contributed by atoms with Crippen molar-refractivity contribution in [2.24, 2.45) is 4.99 Å². The van der Waals surface area contributed by atoms with Gasteiger partial charge in [-0.15, -0.1) is 0 Å². The molecule has 2 aliphatic heterocycles. The van der Waals surface area contributed by atoms with Crippen LogP contribution in [0.4, 0.5) is 5.69 Å². The van der Waals surface area contributed by atoms with Crippen LogP contribution < -0.4 is 5.32 Å². The van der Waals surface area contributed by atoms with Gasteiger partial charge in [0, 0.05) is 21.8 Å². The molecule has 2 N–H and O–H groups in total. The summed E-state index contributed by atoms with van der Waals surface area (Å²) in [4.78, 5) is 10.2. The third-order valence-corrected chi connectivity index (χ3v) is 6.57. The van der Waals surface area contributed by atoms with Crippen LogP contribution in [0.5, 0.6) is 0 Å². The average Bonchev–Trinajstić information content (AvgIpc) is 2.91. The SMILES string of the molecule is c1ccc(C[C@H]2CN(C3=Nc4ccccc4Sc4ccccc43)CC[NH2+]2)cc1. The molecule has 3 aromatic rings. The fourth-order valence-corrected chi connectivity index (χ4v) is 5.10. The van der Waals surface area contributed by atoms with Gasteiger partial charge in [0.25, 0.3) is 0 Å². The van der Waals surface area contributed by atoms with Crippen molar-refractivity contribution in [2.45, 2.75) is 22.3 Å². The Kier molecular flexibility index (Phi) is 4.90. The van der Waals surface area contributed by atoms with E-state index in [-0.39, 0.29) is 0 Å². The van der Waals surface area contributed by atoms with E-state index < -0.39 is 0 Å². The Morgan fingerprint density at radius 3 is 2.54 bits per heavy atom. The van der Waals surface area contributed by atoms with Gasteiger partial charge in [0.15, 0.2) is 0 Å². The molecule has 2 aliphatic rings. The molecule has 2 heterocycles. The predicted molar refractivity (Wildman–Crippen MR) is 116 cm³/mol. The molecule has 3 nitrogen and oxygen atoms in total. The van der Waals surface area contributed by atoms with Crippen molar-refractivity contribution in [1.82, 2.24) is 4.90 Å². The molecule has 140 valence electrons. The molecular weight excluding hydrogens is 362 g/mol. The maximum Gasteiger partial charge on any atom is 0.138 e. The molecule has 0 spiro atoms. The van der Waals surface area contributed by atoms with Crippen molar-refractivity contribution >= 4 is 23.3 Å². The highest BCUT2D eigenvalue weighted by atomic mass is 32.2. The Morgan fingerprint density at radius 2 is 1.64 bits per heavy atom. The Hall–Kier alpha value is -2.56. The smallest absolute Gasteiger partial charge is 0.138 e. The van der Waals surface area contributed by atoms with E-state index in [0.717, 1.165) is 37.6 Å². The van der Waals surface area contributed by atoms with Crippen LogP contribution in [-0.2, 0) is 6.42 Å². The van der Waals surface area contributed by atoms with Crippen LogP contribution in [0.3, 0.4) is 0 Å². The predicted octanol–water partition coefficient (Wildman–Crippen LogP) is 3.72. The molecule has 1 saturated heterocycles. The summed E-state index contributed by atoms with van der Waals surface area (Å²) < 4.78 is 0. The van der Waals surface area contributed by atoms with Gasteiger partial charge in [-0.05, 0) is 23.8 Å². The monoisotopic (exact) mass is 386 g/mol. The van der Waals surface area contributed by atoms with Crippen molar-refractivity contribution in [3.8, 4) is 0 Å². The zero-order valence-corrected chi connectivity index (χ0v) is 16.6. The van der Waals surface area contributed by atoms with Gasteiger partial charge in [0.1, 0.15) is 11.9 Å². The topological polar surface area (TPSA) is 32.2 Å². The summed E-state index contributed by atoms with van der Waals surface area (Å²) in [5.41, 5.74) is 3.74. The first kappa shape index (κ1) is 17.5. The molecule has 0 radical (unpaired) electrons. The molecule has 0 amide bonds. The van der Waals surface area contributed by atoms with Crippen LogP contribution in [0, 0.1) is 0 Å². The lowest BCUT2D eigenvalue weighted by Gasteiger charge is -2.33. The first-order valence-electron chi connectivity index (χ1n) is 9.94. The lowest BCUT2D eigenvalue weighted by molar-refractivity contribution is -0.696. The molecular formula is C24H24N3S+. The molecule has 0 aliphatic carbocycles. The number of benzene rings is 3. The lowest BCUT2D eigenvalue weighted by atomic mass is 10.0. The molecule has 1 atom stereocenters. The highest BCUT2D eigenvalue weighted by Crippen LogP contribution is 2.40. The third kappa shape index (κ3) is 3.58. The maximum absolute atomic E-state index is 5.15. The molecule has 5 rings (SSSR count). The zero-order valence-electron chi connectivity index (χ0n) is 15.8. The van der Waals surface area contributed by atoms with E-state index in [1.165, 1.54) is 20.9 Å². The Morgan fingerprint density at radius 1 is 0.893 bits per heavy atom. The summed E-state index contributed by atoms with van der Waals surface area (Å²) in [6.07, 6.45) is 1.09. The summed E-state index contributed by atoms with van der Waals surface area (Å²) in [6.45, 7) is 3.16. The highest BCUT2D eigenvalue weighted by molar-refractivity contribution is 7.99. The van der Waals surface area contributed by atoms with Crippen LogP contribution in [0.1, 0.15) is 11.1 Å². The number of nitrogens with two attached hydrogens (primary N) is 1. The number of quaternary nitrogens is 1. The first-order chi connectivity index (χ1) is 13.9. The summed E-state index contributed by atoms with van der Waals surface area (Å²) in [5.74, 6) is 1.12. The van der Waals surface area contributed by atoms with Gasteiger partial charge in [-0.1, -0.05) is 72.4 Å². The van der Waals surface area contributed by atoms with Crippen LogP contribution in [0.25, 0.3) is 0 Å². The van der Waals surface area contributed by atoms with Gasteiger partial charge in [-0.2, -0.15) is 0 Å². The van der Waals surface area contributed by atoms with Crippen molar-refractivity contribution < 1.29 is 5.32 Å². The van der Waals surface area contributed by atoms with E-state index in [1.54, 1.807) is 0 Å². The number of para-hydroxylation sites is 1. The van der Waals surface area contributed by atoms with Crippen LogP contribution >= 0.6 is 11.8 Å². The highest BCUT2D eigenvalue weighted by Gasteiger charge is 2.28. The minimum absolute atomic E-state index is 0.553. The molecule has 0 unspecified atom stereocenters. The van der Waals surface area contributed by atoms with E-state index in [1.807, 2.05) is 11.8 Å². The van der Waals surface area contributed by atoms with E-state index in [9.17, 15) is 0 Å². The average molecular weight is 387 g/mol. The molecule has 1 fully saturated rings. The van der Waals surface area contributed by atoms with Crippen LogP contribution in [0.2, 0.25) is 0 Å². The summed E-state index contributed by atoms with van der Waals surface area (Å²) >= 11 is 1.83. The Labute approximate surface area is 170 Å². The standard InChI is InChI=1S/C24H23N3S/c1-2-8-18(9-3-1)16-19-17-27(15-14-25-19)24-20-10-4-6-12-22(20)28-23-13-7-5-11-21(23)26-24/h1-13,19,25H,14-17H2/p+1/t19-/m0/s1. The van der Waals surface area contributed by atoms with Gasteiger partial charge in [0.05, 0.1) is 25.3 Å². The second-order valence-corrected chi connectivity index (χ2v) is 8.51. The van der Waals surface area contributed by atoms with Gasteiger partial charge in [-0.3, -0.25) is 0 Å². The Balaban J connectivity index is 1.47. The molecule has 0 saturated carbocycles. The molecule has 28 heavy (non-hydrogen) atoms. The first-order valence-corrected chi connectivity index (χ1v) is 10.8. The van der Waals surface area contributed by atoms with Gasteiger partial charge >= 0.3 is 0 Å². The van der Waals surface area contributed by atoms with Gasteiger partial charge in [0.2, 0.25) is 0 Å². The number of nitrogens with zero attached hydrogens (tertiary/aromatic N) is 2. The van der Waals surface area contributed by atoms with Crippen LogP contribution in [0.15, 0.2) is 93.6 Å². The largest absolute Gasteiger partial charge is 0.344 e. The second-order valence-electron chi connectivity index (χ2n) is 7.42. The molecule has 0 aromatic heterocycles. The summed E-state index contributed by atoms with van der Waals surface area (Å²) in [7, 11) is 0. The number of piperazine rings is 1. The normalized spacial score (nSPS) is 18.6. The fraction of sp³-hybridized carbons (Fsp3) is 0.208.